The standard InChI is InChI=1S/C20H19N7OS.C16H15N5OS.C4H4N2O/c28-18(25-20-27-26-19(29-20)15-6-8-21-9-7-15)17(10-14-4-2-1-3-5-14)23-12-16-11-22-13-24-16;17-13(10-11-4-2-1-3-5-11)14(22)19-16-21-20-15(23-16)12-6-8-18-9-7-12;7-2-4-1-5-3-6-4/h1-9,11,13,17,23H,10,12H2,(H,22,24)(H,25,27,28);1-9,13H,10,17H2,(H,19,21,22);1-3H,(H,5,6)/t17-;13-;/m00./s1. The van der Waals surface area contributed by atoms with Gasteiger partial charge in [-0.3, -0.25) is 40.3 Å². The molecule has 2 aromatic carbocycles. The van der Waals surface area contributed by atoms with Crippen LogP contribution in [-0.4, -0.2) is 80.5 Å². The fourth-order valence-corrected chi connectivity index (χ4v) is 6.68. The molecule has 0 aliphatic heterocycles. The third-order valence-electron chi connectivity index (χ3n) is 8.14. The molecule has 0 unspecified atom stereocenters. The number of aldehydes is 1. The van der Waals surface area contributed by atoms with Crippen LogP contribution in [0.1, 0.15) is 27.3 Å². The maximum absolute atomic E-state index is 13.0. The minimum Gasteiger partial charge on any atom is -0.347 e. The van der Waals surface area contributed by atoms with Crippen molar-refractivity contribution in [2.45, 2.75) is 31.5 Å². The summed E-state index contributed by atoms with van der Waals surface area (Å²) < 4.78 is 0. The van der Waals surface area contributed by atoms with Gasteiger partial charge in [0.15, 0.2) is 6.29 Å². The molecule has 0 spiro atoms. The van der Waals surface area contributed by atoms with Crippen molar-refractivity contribution in [2.75, 3.05) is 10.6 Å². The molecule has 0 aliphatic rings. The van der Waals surface area contributed by atoms with E-state index in [0.717, 1.165) is 38.0 Å². The number of hydrogen-bond acceptors (Lipinski definition) is 15. The third-order valence-corrected chi connectivity index (χ3v) is 9.91. The Hall–Kier alpha value is -7.19. The summed E-state index contributed by atoms with van der Waals surface area (Å²) >= 11 is 2.63. The molecule has 0 radical (unpaired) electrons. The Kier molecular flexibility index (Phi) is 15.4. The fourth-order valence-electron chi connectivity index (χ4n) is 5.17. The summed E-state index contributed by atoms with van der Waals surface area (Å²) in [6.07, 6.45) is 14.8. The Balaban J connectivity index is 0.000000173. The molecule has 6 aromatic heterocycles. The summed E-state index contributed by atoms with van der Waals surface area (Å²) in [5.41, 5.74) is 11.3. The lowest BCUT2D eigenvalue weighted by Gasteiger charge is -2.17. The van der Waals surface area contributed by atoms with Gasteiger partial charge >= 0.3 is 0 Å². The molecule has 0 aliphatic carbocycles. The lowest BCUT2D eigenvalue weighted by Crippen LogP contribution is -2.41. The zero-order chi connectivity index (χ0) is 41.1. The van der Waals surface area contributed by atoms with Crippen molar-refractivity contribution in [3.05, 3.63) is 157 Å². The second-order valence-corrected chi connectivity index (χ2v) is 14.4. The van der Waals surface area contributed by atoms with Crippen LogP contribution < -0.4 is 21.7 Å². The van der Waals surface area contributed by atoms with E-state index in [1.54, 1.807) is 37.3 Å². The molecule has 17 nitrogen and oxygen atoms in total. The number of hydrogen-bond donors (Lipinski definition) is 6. The molecule has 59 heavy (non-hydrogen) atoms. The van der Waals surface area contributed by atoms with Crippen LogP contribution in [0.5, 0.6) is 0 Å². The number of aromatic amines is 2. The van der Waals surface area contributed by atoms with E-state index in [1.165, 1.54) is 35.2 Å². The first kappa shape index (κ1) is 41.4. The number of nitrogens with two attached hydrogens (primary N) is 1. The van der Waals surface area contributed by atoms with Crippen molar-refractivity contribution in [3.8, 4) is 21.1 Å². The van der Waals surface area contributed by atoms with Crippen LogP contribution in [-0.2, 0) is 29.0 Å². The number of H-pyrrole nitrogens is 2. The molecule has 0 fully saturated rings. The quantitative estimate of drug-likeness (QED) is 0.0792. The van der Waals surface area contributed by atoms with Gasteiger partial charge in [0.1, 0.15) is 10.0 Å². The highest BCUT2D eigenvalue weighted by atomic mass is 32.1. The van der Waals surface area contributed by atoms with Gasteiger partial charge in [-0.2, -0.15) is 0 Å². The van der Waals surface area contributed by atoms with Gasteiger partial charge in [-0.1, -0.05) is 83.3 Å². The summed E-state index contributed by atoms with van der Waals surface area (Å²) in [6, 6.07) is 25.9. The van der Waals surface area contributed by atoms with Crippen LogP contribution in [0.15, 0.2) is 135 Å². The fraction of sp³-hybridized carbons (Fsp3) is 0.125. The molecule has 19 heteroatoms. The molecule has 8 rings (SSSR count). The summed E-state index contributed by atoms with van der Waals surface area (Å²) in [7, 11) is 0. The molecule has 2 amide bonds. The van der Waals surface area contributed by atoms with Crippen molar-refractivity contribution in [3.63, 3.8) is 0 Å². The van der Waals surface area contributed by atoms with Gasteiger partial charge in [-0.25, -0.2) is 9.97 Å². The number of nitrogens with zero attached hydrogens (tertiary/aromatic N) is 8. The predicted molar refractivity (Wildman–Crippen MR) is 225 cm³/mol. The molecular formula is C40H38N14O3S2. The van der Waals surface area contributed by atoms with E-state index in [1.807, 2.05) is 84.9 Å². The van der Waals surface area contributed by atoms with E-state index < -0.39 is 12.1 Å². The van der Waals surface area contributed by atoms with Gasteiger partial charge < -0.3 is 15.7 Å². The molecule has 7 N–H and O–H groups in total. The molecule has 6 heterocycles. The lowest BCUT2D eigenvalue weighted by molar-refractivity contribution is -0.118. The number of pyridine rings is 2. The minimum atomic E-state index is -0.634. The van der Waals surface area contributed by atoms with Crippen molar-refractivity contribution in [1.29, 1.82) is 0 Å². The van der Waals surface area contributed by atoms with Gasteiger partial charge in [-0.15, -0.1) is 20.4 Å². The first-order valence-corrected chi connectivity index (χ1v) is 19.6. The zero-order valence-corrected chi connectivity index (χ0v) is 32.9. The third kappa shape index (κ3) is 13.2. The molecule has 8 aromatic rings. The summed E-state index contributed by atoms with van der Waals surface area (Å²) in [5, 5.41) is 27.6. The molecule has 0 saturated carbocycles. The van der Waals surface area contributed by atoms with Gasteiger partial charge in [0, 0.05) is 54.3 Å². The summed E-state index contributed by atoms with van der Waals surface area (Å²) in [5.74, 6) is -0.433. The Labute approximate surface area is 346 Å². The number of amides is 2. The monoisotopic (exact) mass is 826 g/mol. The second-order valence-electron chi connectivity index (χ2n) is 12.4. The topological polar surface area (TPSA) is 248 Å². The van der Waals surface area contributed by atoms with E-state index in [9.17, 15) is 14.4 Å². The smallest absolute Gasteiger partial charge is 0.243 e. The average molecular weight is 827 g/mol. The van der Waals surface area contributed by atoms with Crippen LogP contribution in [0, 0.1) is 0 Å². The number of imidazole rings is 2. The van der Waals surface area contributed by atoms with Crippen LogP contribution in [0.25, 0.3) is 21.1 Å². The van der Waals surface area contributed by atoms with Gasteiger partial charge in [-0.05, 0) is 48.2 Å². The molecule has 2 atom stereocenters. The van der Waals surface area contributed by atoms with Crippen molar-refractivity contribution in [2.24, 2.45) is 5.73 Å². The van der Waals surface area contributed by atoms with Crippen LogP contribution in [0.3, 0.4) is 0 Å². The Morgan fingerprint density at radius 1 is 0.644 bits per heavy atom. The van der Waals surface area contributed by atoms with Crippen molar-refractivity contribution in [1.82, 2.24) is 55.6 Å². The van der Waals surface area contributed by atoms with E-state index in [-0.39, 0.29) is 11.8 Å². The molecule has 0 saturated heterocycles. The minimum absolute atomic E-state index is 0.161. The first-order valence-electron chi connectivity index (χ1n) is 18.0. The Bertz CT molecular complexity index is 2430. The maximum atomic E-state index is 13.0. The summed E-state index contributed by atoms with van der Waals surface area (Å²) in [4.78, 5) is 56.1. The summed E-state index contributed by atoms with van der Waals surface area (Å²) in [6.45, 7) is 0.503. The molecule has 0 bridgehead atoms. The van der Waals surface area contributed by atoms with Gasteiger partial charge in [0.2, 0.25) is 22.1 Å². The number of rotatable bonds is 14. The number of nitrogens with one attached hydrogen (secondary N) is 5. The molecule has 298 valence electrons. The lowest BCUT2D eigenvalue weighted by atomic mass is 10.1. The largest absolute Gasteiger partial charge is 0.347 e. The van der Waals surface area contributed by atoms with Crippen LogP contribution >= 0.6 is 22.7 Å². The normalized spacial score (nSPS) is 11.5. The Morgan fingerprint density at radius 3 is 1.66 bits per heavy atom. The second kappa shape index (κ2) is 21.9. The average Bonchev–Trinajstić information content (AvgIpc) is 4.14. The van der Waals surface area contributed by atoms with Gasteiger partial charge in [0.25, 0.3) is 0 Å². The highest BCUT2D eigenvalue weighted by Crippen LogP contribution is 2.27. The first-order chi connectivity index (χ1) is 28.9. The molecular weight excluding hydrogens is 789 g/mol. The zero-order valence-electron chi connectivity index (χ0n) is 31.3. The highest BCUT2D eigenvalue weighted by Gasteiger charge is 2.21. The number of aromatic nitrogens is 10. The van der Waals surface area contributed by atoms with E-state index in [4.69, 9.17) is 5.73 Å². The van der Waals surface area contributed by atoms with Gasteiger partial charge in [0.05, 0.1) is 36.6 Å². The van der Waals surface area contributed by atoms with Crippen molar-refractivity contribution >= 4 is 51.0 Å². The number of anilines is 2. The van der Waals surface area contributed by atoms with E-state index in [2.05, 4.69) is 66.2 Å². The van der Waals surface area contributed by atoms with Crippen molar-refractivity contribution < 1.29 is 14.4 Å². The SMILES string of the molecule is N[C@@H](Cc1ccccc1)C(=O)Nc1nnc(-c2ccncc2)s1.O=C(Nc1nnc(-c2ccncc2)s1)[C@H](Cc1ccccc1)NCc1cnc[nH]1.O=Cc1cnc[nH]1. The van der Waals surface area contributed by atoms with E-state index >= 15 is 0 Å². The number of carbonyl (C=O) groups excluding carboxylic acids is 3. The van der Waals surface area contributed by atoms with E-state index in [0.29, 0.717) is 41.6 Å². The van der Waals surface area contributed by atoms with Crippen LogP contribution in [0.4, 0.5) is 10.3 Å². The maximum Gasteiger partial charge on any atom is 0.243 e. The number of benzene rings is 2. The predicted octanol–water partition coefficient (Wildman–Crippen LogP) is 4.99. The van der Waals surface area contributed by atoms with Crippen LogP contribution in [0.2, 0.25) is 0 Å². The Morgan fingerprint density at radius 2 is 1.17 bits per heavy atom. The highest BCUT2D eigenvalue weighted by molar-refractivity contribution is 7.19. The number of carbonyl (C=O) groups is 3.